The molecule has 8 nitrogen and oxygen atoms in total. The largest absolute Gasteiger partial charge is 1.00 e. The maximum Gasteiger partial charge on any atom is 1.00 e. The van der Waals surface area contributed by atoms with Gasteiger partial charge in [0.25, 0.3) is 11.4 Å². The smallest absolute Gasteiger partial charge is 1.00 e. The van der Waals surface area contributed by atoms with Crippen molar-refractivity contribution in [1.82, 2.24) is 5.06 Å². The third kappa shape index (κ3) is 2.39. The van der Waals surface area contributed by atoms with Crippen molar-refractivity contribution in [2.24, 2.45) is 5.92 Å². The van der Waals surface area contributed by atoms with E-state index in [1.807, 2.05) is 0 Å². The molecule has 9 heteroatoms. The van der Waals surface area contributed by atoms with Gasteiger partial charge in [-0.25, -0.2) is 9.59 Å². The molecule has 1 heterocycles. The van der Waals surface area contributed by atoms with Gasteiger partial charge in [0.2, 0.25) is 0 Å². The van der Waals surface area contributed by atoms with Crippen molar-refractivity contribution >= 4 is 17.8 Å². The van der Waals surface area contributed by atoms with Gasteiger partial charge in [0, 0.05) is 7.11 Å². The zero-order valence-electron chi connectivity index (χ0n) is 11.4. The van der Waals surface area contributed by atoms with Crippen molar-refractivity contribution in [1.29, 1.82) is 0 Å². The molecule has 1 fully saturated rings. The summed E-state index contributed by atoms with van der Waals surface area (Å²) in [7, 11) is 1.39. The molecule has 0 radical (unpaired) electrons. The summed E-state index contributed by atoms with van der Waals surface area (Å²) >= 11 is 0. The fraction of sp³-hybridized carbons (Fsp3) is 0.667. The summed E-state index contributed by atoms with van der Waals surface area (Å²) in [5.41, 5.74) is -2.34. The second-order valence-corrected chi connectivity index (χ2v) is 3.56. The number of hydroxylamine groups is 2. The fourth-order valence-electron chi connectivity index (χ4n) is 1.65. The van der Waals surface area contributed by atoms with Crippen molar-refractivity contribution in [3.8, 4) is 0 Å². The van der Waals surface area contributed by atoms with Gasteiger partial charge in [-0.1, -0.05) is 0 Å². The quantitative estimate of drug-likeness (QED) is 0.219. The first-order valence-electron chi connectivity index (χ1n) is 4.83. The molecule has 0 aromatic carbocycles. The van der Waals surface area contributed by atoms with Gasteiger partial charge in [0.05, 0.1) is 19.1 Å². The summed E-state index contributed by atoms with van der Waals surface area (Å²) in [5.74, 6) is -5.10. The Morgan fingerprint density at radius 2 is 1.89 bits per heavy atom. The van der Waals surface area contributed by atoms with Gasteiger partial charge in [0.1, 0.15) is 0 Å². The van der Waals surface area contributed by atoms with Crippen LogP contribution in [0.3, 0.4) is 0 Å². The molecule has 0 spiro atoms. The summed E-state index contributed by atoms with van der Waals surface area (Å²) in [6.45, 7) is 1.26. The summed E-state index contributed by atoms with van der Waals surface area (Å²) in [4.78, 5) is 38.4. The number of β-lactam (4-membered cyclic amide) rings is 1. The molecule has 0 saturated carbocycles. The van der Waals surface area contributed by atoms with Gasteiger partial charge in [-0.05, 0) is 6.92 Å². The summed E-state index contributed by atoms with van der Waals surface area (Å²) in [5, 5.41) is 18.4. The van der Waals surface area contributed by atoms with E-state index in [9.17, 15) is 14.4 Å². The molecule has 1 amide bonds. The standard InChI is InChI=1S/C9H13NO7.Na.H/c1-5-6(11)10(17-4-3-16-2)9(5,7(12)13)8(14)15;;/h5H,3-4H2,1-2H3,(H,12,13)(H,14,15);;/q;+1;-1. The van der Waals surface area contributed by atoms with Crippen LogP contribution in [0, 0.1) is 5.92 Å². The maximum absolute atomic E-state index is 11.4. The number of hydrogen-bond donors (Lipinski definition) is 2. The number of nitrogens with zero attached hydrogens (tertiary/aromatic N) is 1. The second kappa shape index (κ2) is 6.48. The van der Waals surface area contributed by atoms with Gasteiger partial charge in [-0.3, -0.25) is 9.63 Å². The number of carbonyl (C=O) groups excluding carboxylic acids is 1. The average molecular weight is 271 g/mol. The zero-order valence-corrected chi connectivity index (χ0v) is 12.4. The van der Waals surface area contributed by atoms with Crippen LogP contribution < -0.4 is 29.6 Å². The van der Waals surface area contributed by atoms with Crippen LogP contribution in [-0.4, -0.2) is 59.0 Å². The van der Waals surface area contributed by atoms with Crippen molar-refractivity contribution in [2.45, 2.75) is 12.5 Å². The van der Waals surface area contributed by atoms with E-state index in [1.165, 1.54) is 14.0 Å². The topological polar surface area (TPSA) is 113 Å². The van der Waals surface area contributed by atoms with E-state index in [-0.39, 0.29) is 44.2 Å². The van der Waals surface area contributed by atoms with Crippen LogP contribution in [0.15, 0.2) is 0 Å². The fourth-order valence-corrected chi connectivity index (χ4v) is 1.65. The molecule has 2 N–H and O–H groups in total. The molecule has 18 heavy (non-hydrogen) atoms. The van der Waals surface area contributed by atoms with Crippen molar-refractivity contribution in [3.63, 3.8) is 0 Å². The molecule has 1 rings (SSSR count). The third-order valence-corrected chi connectivity index (χ3v) is 2.68. The van der Waals surface area contributed by atoms with E-state index in [1.54, 1.807) is 0 Å². The zero-order chi connectivity index (χ0) is 13.2. The SMILES string of the molecule is COCCON1C(=O)C(C)C1(C(=O)O)C(=O)O.[H-].[Na+]. The minimum absolute atomic E-state index is 0. The number of carboxylic acids is 2. The molecule has 1 unspecified atom stereocenters. The van der Waals surface area contributed by atoms with Gasteiger partial charge < -0.3 is 16.4 Å². The Labute approximate surface area is 127 Å². The minimum atomic E-state index is -2.34. The molecule has 0 aromatic heterocycles. The second-order valence-electron chi connectivity index (χ2n) is 3.56. The van der Waals surface area contributed by atoms with Crippen LogP contribution in [0.2, 0.25) is 0 Å². The normalized spacial score (nSPS) is 20.9. The first-order valence-corrected chi connectivity index (χ1v) is 4.83. The number of methoxy groups -OCH3 is 1. The van der Waals surface area contributed by atoms with E-state index in [0.717, 1.165) is 0 Å². The van der Waals surface area contributed by atoms with Gasteiger partial charge in [-0.2, -0.15) is 5.06 Å². The molecule has 98 valence electrons. The van der Waals surface area contributed by atoms with Crippen LogP contribution in [0.25, 0.3) is 0 Å². The summed E-state index contributed by atoms with van der Waals surface area (Å²) in [6, 6.07) is 0. The molecule has 1 saturated heterocycles. The molecule has 0 aromatic rings. The maximum atomic E-state index is 11.4. The Kier molecular flexibility index (Phi) is 6.24. The van der Waals surface area contributed by atoms with E-state index < -0.39 is 29.3 Å². The Morgan fingerprint density at radius 3 is 2.28 bits per heavy atom. The Bertz CT molecular complexity index is 350. The minimum Gasteiger partial charge on any atom is -1.00 e. The summed E-state index contributed by atoms with van der Waals surface area (Å²) < 4.78 is 4.65. The number of hydrogen-bond acceptors (Lipinski definition) is 5. The monoisotopic (exact) mass is 271 g/mol. The molecular weight excluding hydrogens is 257 g/mol. The van der Waals surface area contributed by atoms with Gasteiger partial charge in [-0.15, -0.1) is 0 Å². The van der Waals surface area contributed by atoms with E-state index in [4.69, 9.17) is 15.1 Å². The Hall–Kier alpha value is -0.670. The molecular formula is C9H14NNaO7. The molecule has 0 bridgehead atoms. The van der Waals surface area contributed by atoms with E-state index in [2.05, 4.69) is 4.74 Å². The van der Waals surface area contributed by atoms with Crippen LogP contribution in [0.4, 0.5) is 0 Å². The Morgan fingerprint density at radius 1 is 1.39 bits per heavy atom. The van der Waals surface area contributed by atoms with Gasteiger partial charge >= 0.3 is 41.5 Å². The van der Waals surface area contributed by atoms with E-state index >= 15 is 0 Å². The third-order valence-electron chi connectivity index (χ3n) is 2.68. The molecule has 1 atom stereocenters. The number of aliphatic carboxylic acids is 2. The predicted molar refractivity (Wildman–Crippen MR) is 53.0 cm³/mol. The van der Waals surface area contributed by atoms with Crippen molar-refractivity contribution in [3.05, 3.63) is 0 Å². The first kappa shape index (κ1) is 17.3. The van der Waals surface area contributed by atoms with Crippen LogP contribution in [0.5, 0.6) is 0 Å². The molecule has 1 aliphatic heterocycles. The number of carbonyl (C=O) groups is 3. The molecule has 1 aliphatic rings. The van der Waals surface area contributed by atoms with Gasteiger partial charge in [0.15, 0.2) is 0 Å². The first-order chi connectivity index (χ1) is 7.90. The van der Waals surface area contributed by atoms with Crippen LogP contribution >= 0.6 is 0 Å². The Balaban J connectivity index is 0. The molecule has 0 aliphatic carbocycles. The van der Waals surface area contributed by atoms with Crippen molar-refractivity contribution in [2.75, 3.05) is 20.3 Å². The van der Waals surface area contributed by atoms with Crippen LogP contribution in [-0.2, 0) is 24.0 Å². The number of amides is 1. The van der Waals surface area contributed by atoms with Crippen LogP contribution in [0.1, 0.15) is 8.35 Å². The predicted octanol–water partition coefficient (Wildman–Crippen LogP) is -3.93. The number of rotatable bonds is 6. The van der Waals surface area contributed by atoms with Crippen molar-refractivity contribution < 1.29 is 65.2 Å². The summed E-state index contributed by atoms with van der Waals surface area (Å²) in [6.07, 6.45) is 0. The number of carboxylic acid groups (broad SMARTS) is 2. The number of ether oxygens (including phenoxy) is 1. The average Bonchev–Trinajstić information content (AvgIpc) is 2.26. The van der Waals surface area contributed by atoms with E-state index in [0.29, 0.717) is 5.06 Å².